The molecule has 5 nitrogen and oxygen atoms in total. The van der Waals surface area contributed by atoms with Crippen molar-refractivity contribution in [3.05, 3.63) is 77.5 Å². The standard InChI is InChI=1S/C22H23N3O2/c1-16-21(23-17(2)27-16)22(26)25-14-8-13-24(15-18-9-4-3-5-10-18)19-11-6-7-12-20(19)25/h3-7,9-12H,8,13-15H2,1-2H3. The largest absolute Gasteiger partial charge is 0.445 e. The van der Waals surface area contributed by atoms with E-state index in [1.165, 1.54) is 5.56 Å². The molecule has 1 aromatic heterocycles. The van der Waals surface area contributed by atoms with Gasteiger partial charge >= 0.3 is 0 Å². The highest BCUT2D eigenvalue weighted by Crippen LogP contribution is 2.34. The number of amides is 1. The van der Waals surface area contributed by atoms with Gasteiger partial charge in [-0.15, -0.1) is 0 Å². The Morgan fingerprint density at radius 3 is 2.41 bits per heavy atom. The smallest absolute Gasteiger partial charge is 0.280 e. The molecule has 0 spiro atoms. The zero-order chi connectivity index (χ0) is 18.8. The predicted molar refractivity (Wildman–Crippen MR) is 106 cm³/mol. The molecule has 0 unspecified atom stereocenters. The van der Waals surface area contributed by atoms with Gasteiger partial charge in [0.25, 0.3) is 5.91 Å². The SMILES string of the molecule is Cc1nc(C(=O)N2CCCN(Cc3ccccc3)c3ccccc32)c(C)o1. The summed E-state index contributed by atoms with van der Waals surface area (Å²) in [7, 11) is 0. The average Bonchev–Trinajstić information content (AvgIpc) is 2.92. The minimum absolute atomic E-state index is 0.0987. The molecule has 1 aliphatic rings. The molecular formula is C22H23N3O2. The third-order valence-electron chi connectivity index (χ3n) is 4.89. The van der Waals surface area contributed by atoms with E-state index in [0.29, 0.717) is 23.9 Å². The van der Waals surface area contributed by atoms with Gasteiger partial charge in [-0.2, -0.15) is 0 Å². The molecule has 0 aliphatic carbocycles. The van der Waals surface area contributed by atoms with Crippen molar-refractivity contribution in [2.45, 2.75) is 26.8 Å². The van der Waals surface area contributed by atoms with Gasteiger partial charge in [0.05, 0.1) is 11.4 Å². The van der Waals surface area contributed by atoms with Crippen molar-refractivity contribution in [3.63, 3.8) is 0 Å². The Kier molecular flexibility index (Phi) is 4.67. The summed E-state index contributed by atoms with van der Waals surface area (Å²) in [5.74, 6) is 0.989. The summed E-state index contributed by atoms with van der Waals surface area (Å²) in [4.78, 5) is 21.7. The van der Waals surface area contributed by atoms with E-state index in [2.05, 4.69) is 40.2 Å². The lowest BCUT2D eigenvalue weighted by atomic mass is 10.1. The Morgan fingerprint density at radius 2 is 1.70 bits per heavy atom. The van der Waals surface area contributed by atoms with E-state index in [0.717, 1.165) is 30.9 Å². The topological polar surface area (TPSA) is 49.6 Å². The molecule has 0 bridgehead atoms. The number of benzene rings is 2. The second-order valence-corrected chi connectivity index (χ2v) is 6.84. The van der Waals surface area contributed by atoms with Gasteiger partial charge in [-0.05, 0) is 31.0 Å². The molecule has 4 rings (SSSR count). The fourth-order valence-electron chi connectivity index (χ4n) is 3.65. The van der Waals surface area contributed by atoms with Gasteiger partial charge in [0, 0.05) is 26.6 Å². The maximum atomic E-state index is 13.2. The fourth-order valence-corrected chi connectivity index (χ4v) is 3.65. The molecule has 2 aromatic carbocycles. The van der Waals surface area contributed by atoms with Crippen LogP contribution < -0.4 is 9.80 Å². The molecule has 5 heteroatoms. The average molecular weight is 361 g/mol. The van der Waals surface area contributed by atoms with Crippen LogP contribution in [0.4, 0.5) is 11.4 Å². The van der Waals surface area contributed by atoms with Gasteiger partial charge in [0.2, 0.25) is 0 Å². The Balaban J connectivity index is 1.69. The first-order chi connectivity index (χ1) is 13.1. The summed E-state index contributed by atoms with van der Waals surface area (Å²) >= 11 is 0. The lowest BCUT2D eigenvalue weighted by molar-refractivity contribution is 0.0981. The number of anilines is 2. The fraction of sp³-hybridized carbons (Fsp3) is 0.273. The predicted octanol–water partition coefficient (Wildman–Crippen LogP) is 4.35. The van der Waals surface area contributed by atoms with Crippen LogP contribution in [0.15, 0.2) is 59.0 Å². The van der Waals surface area contributed by atoms with Crippen LogP contribution in [0.5, 0.6) is 0 Å². The van der Waals surface area contributed by atoms with Gasteiger partial charge in [0.15, 0.2) is 11.6 Å². The maximum absolute atomic E-state index is 13.2. The zero-order valence-electron chi connectivity index (χ0n) is 15.7. The molecule has 0 saturated heterocycles. The van der Waals surface area contributed by atoms with Gasteiger partial charge in [-0.25, -0.2) is 4.98 Å². The van der Waals surface area contributed by atoms with E-state index in [-0.39, 0.29) is 5.91 Å². The Labute approximate surface area is 159 Å². The van der Waals surface area contributed by atoms with Crippen LogP contribution >= 0.6 is 0 Å². The first kappa shape index (κ1) is 17.3. The highest BCUT2D eigenvalue weighted by Gasteiger charge is 2.28. The van der Waals surface area contributed by atoms with Crippen LogP contribution in [0.1, 0.15) is 34.1 Å². The Hall–Kier alpha value is -3.08. The maximum Gasteiger partial charge on any atom is 0.280 e. The van der Waals surface area contributed by atoms with E-state index in [1.807, 2.05) is 29.2 Å². The van der Waals surface area contributed by atoms with Crippen LogP contribution in [0.25, 0.3) is 0 Å². The van der Waals surface area contributed by atoms with Crippen molar-refractivity contribution >= 4 is 17.3 Å². The first-order valence-electron chi connectivity index (χ1n) is 9.27. The van der Waals surface area contributed by atoms with Crippen molar-refractivity contribution in [1.82, 2.24) is 4.98 Å². The zero-order valence-corrected chi connectivity index (χ0v) is 15.7. The Morgan fingerprint density at radius 1 is 1.00 bits per heavy atom. The molecule has 138 valence electrons. The normalized spacial score (nSPS) is 14.0. The second-order valence-electron chi connectivity index (χ2n) is 6.84. The number of hydrogen-bond acceptors (Lipinski definition) is 4. The van der Waals surface area contributed by atoms with Crippen LogP contribution in [0.2, 0.25) is 0 Å². The molecule has 3 aromatic rings. The van der Waals surface area contributed by atoms with Crippen LogP contribution in [-0.2, 0) is 6.54 Å². The quantitative estimate of drug-likeness (QED) is 0.696. The summed E-state index contributed by atoms with van der Waals surface area (Å²) in [5, 5.41) is 0. The van der Waals surface area contributed by atoms with Crippen LogP contribution in [0.3, 0.4) is 0 Å². The number of aryl methyl sites for hydroxylation is 2. The van der Waals surface area contributed by atoms with E-state index in [4.69, 9.17) is 4.42 Å². The summed E-state index contributed by atoms with van der Waals surface area (Å²) < 4.78 is 5.48. The number of fused-ring (bicyclic) bond motifs is 1. The van der Waals surface area contributed by atoms with Gasteiger partial charge < -0.3 is 14.2 Å². The molecule has 0 N–H and O–H groups in total. The van der Waals surface area contributed by atoms with E-state index in [9.17, 15) is 4.79 Å². The highest BCUT2D eigenvalue weighted by molar-refractivity contribution is 6.07. The van der Waals surface area contributed by atoms with E-state index in [1.54, 1.807) is 13.8 Å². The molecular weight excluding hydrogens is 338 g/mol. The number of carbonyl (C=O) groups is 1. The van der Waals surface area contributed by atoms with Gasteiger partial charge in [-0.3, -0.25) is 4.79 Å². The lowest BCUT2D eigenvalue weighted by Gasteiger charge is -2.26. The number of para-hydroxylation sites is 2. The van der Waals surface area contributed by atoms with Crippen molar-refractivity contribution in [2.75, 3.05) is 22.9 Å². The van der Waals surface area contributed by atoms with Crippen molar-refractivity contribution in [1.29, 1.82) is 0 Å². The number of carbonyl (C=O) groups excluding carboxylic acids is 1. The molecule has 1 aliphatic heterocycles. The minimum Gasteiger partial charge on any atom is -0.445 e. The summed E-state index contributed by atoms with van der Waals surface area (Å²) in [6.07, 6.45) is 0.892. The summed E-state index contributed by atoms with van der Waals surface area (Å²) in [6, 6.07) is 18.5. The van der Waals surface area contributed by atoms with Crippen molar-refractivity contribution < 1.29 is 9.21 Å². The molecule has 0 saturated carbocycles. The second kappa shape index (κ2) is 7.27. The molecule has 0 atom stereocenters. The third-order valence-corrected chi connectivity index (χ3v) is 4.89. The molecule has 27 heavy (non-hydrogen) atoms. The van der Waals surface area contributed by atoms with Crippen molar-refractivity contribution in [2.24, 2.45) is 0 Å². The number of rotatable bonds is 3. The van der Waals surface area contributed by atoms with E-state index < -0.39 is 0 Å². The molecule has 0 fully saturated rings. The van der Waals surface area contributed by atoms with Crippen LogP contribution in [-0.4, -0.2) is 24.0 Å². The summed E-state index contributed by atoms with van der Waals surface area (Å²) in [6.45, 7) is 5.93. The number of hydrogen-bond donors (Lipinski definition) is 0. The Bertz CT molecular complexity index is 949. The summed E-state index contributed by atoms with van der Waals surface area (Å²) in [5.41, 5.74) is 3.66. The number of oxazole rings is 1. The van der Waals surface area contributed by atoms with Crippen LogP contribution in [0, 0.1) is 13.8 Å². The molecule has 1 amide bonds. The molecule has 0 radical (unpaired) electrons. The molecule has 2 heterocycles. The van der Waals surface area contributed by atoms with Gasteiger partial charge in [-0.1, -0.05) is 42.5 Å². The number of nitrogens with zero attached hydrogens (tertiary/aromatic N) is 3. The van der Waals surface area contributed by atoms with E-state index >= 15 is 0 Å². The van der Waals surface area contributed by atoms with Crippen molar-refractivity contribution in [3.8, 4) is 0 Å². The number of aromatic nitrogens is 1. The minimum atomic E-state index is -0.0987. The first-order valence-corrected chi connectivity index (χ1v) is 9.27. The lowest BCUT2D eigenvalue weighted by Crippen LogP contribution is -2.32. The van der Waals surface area contributed by atoms with Gasteiger partial charge in [0.1, 0.15) is 5.76 Å². The highest BCUT2D eigenvalue weighted by atomic mass is 16.4. The third kappa shape index (κ3) is 3.45. The monoisotopic (exact) mass is 361 g/mol.